The molecule has 1 aliphatic heterocycles. The van der Waals surface area contributed by atoms with E-state index in [1.807, 2.05) is 0 Å². The smallest absolute Gasteiger partial charge is 0.125 e. The number of nitrogens with zero attached hydrogens (tertiary/aromatic N) is 1. The van der Waals surface area contributed by atoms with Crippen LogP contribution in [0.25, 0.3) is 0 Å². The van der Waals surface area contributed by atoms with Crippen LogP contribution in [-0.2, 0) is 21.6 Å². The van der Waals surface area contributed by atoms with Crippen LogP contribution in [0.15, 0.2) is 0 Å². The van der Waals surface area contributed by atoms with Crippen molar-refractivity contribution in [1.82, 2.24) is 10.3 Å². The maximum absolute atomic E-state index is 6.12. The van der Waals surface area contributed by atoms with Crippen molar-refractivity contribution in [2.24, 2.45) is 5.92 Å². The van der Waals surface area contributed by atoms with Crippen molar-refractivity contribution in [3.63, 3.8) is 0 Å². The average molecular weight is 312 g/mol. The number of thiazole rings is 1. The zero-order valence-corrected chi connectivity index (χ0v) is 14.5. The molecule has 0 amide bonds. The highest BCUT2D eigenvalue weighted by molar-refractivity contribution is 7.11. The summed E-state index contributed by atoms with van der Waals surface area (Å²) in [6, 6.07) is 0. The van der Waals surface area contributed by atoms with E-state index in [1.165, 1.54) is 4.88 Å². The fourth-order valence-corrected chi connectivity index (χ4v) is 3.89. The van der Waals surface area contributed by atoms with Gasteiger partial charge in [-0.3, -0.25) is 0 Å². The van der Waals surface area contributed by atoms with Crippen molar-refractivity contribution in [1.29, 1.82) is 0 Å². The van der Waals surface area contributed by atoms with Crippen LogP contribution < -0.4 is 5.32 Å². The second-order valence-corrected chi connectivity index (χ2v) is 7.18. The summed E-state index contributed by atoms with van der Waals surface area (Å²) in [5, 5.41) is 4.64. The lowest BCUT2D eigenvalue weighted by molar-refractivity contribution is -0.112. The number of rotatable bonds is 7. The summed E-state index contributed by atoms with van der Waals surface area (Å²) in [6.45, 7) is 12.8. The predicted octanol–water partition coefficient (Wildman–Crippen LogP) is 3.24. The Labute approximate surface area is 132 Å². The first kappa shape index (κ1) is 16.9. The van der Waals surface area contributed by atoms with Gasteiger partial charge in [-0.25, -0.2) is 4.98 Å². The molecule has 0 aliphatic carbocycles. The molecule has 1 aromatic rings. The quantitative estimate of drug-likeness (QED) is 0.839. The van der Waals surface area contributed by atoms with Gasteiger partial charge in [0.25, 0.3) is 0 Å². The second-order valence-electron chi connectivity index (χ2n) is 6.09. The molecule has 1 N–H and O–H groups in total. The summed E-state index contributed by atoms with van der Waals surface area (Å²) in [7, 11) is 0. The number of ether oxygens (including phenoxy) is 2. The predicted molar refractivity (Wildman–Crippen MR) is 86.8 cm³/mol. The molecule has 0 bridgehead atoms. The largest absolute Gasteiger partial charge is 0.381 e. The van der Waals surface area contributed by atoms with Crippen molar-refractivity contribution in [2.45, 2.75) is 52.7 Å². The number of hydrogen-bond acceptors (Lipinski definition) is 5. The highest BCUT2D eigenvalue weighted by atomic mass is 32.1. The van der Waals surface area contributed by atoms with E-state index in [0.29, 0.717) is 5.92 Å². The molecule has 2 heterocycles. The monoisotopic (exact) mass is 312 g/mol. The third-order valence-electron chi connectivity index (χ3n) is 3.84. The van der Waals surface area contributed by atoms with E-state index in [4.69, 9.17) is 14.5 Å². The molecular formula is C16H28N2O2S. The fourth-order valence-electron chi connectivity index (χ4n) is 2.66. The van der Waals surface area contributed by atoms with Gasteiger partial charge in [-0.2, -0.15) is 0 Å². The van der Waals surface area contributed by atoms with Crippen LogP contribution in [-0.4, -0.2) is 31.3 Å². The summed E-state index contributed by atoms with van der Waals surface area (Å²) < 4.78 is 11.6. The fraction of sp³-hybridized carbons (Fsp3) is 0.812. The van der Waals surface area contributed by atoms with Gasteiger partial charge in [0.05, 0.1) is 5.69 Å². The van der Waals surface area contributed by atoms with Crippen molar-refractivity contribution in [3.05, 3.63) is 15.6 Å². The van der Waals surface area contributed by atoms with E-state index in [2.05, 4.69) is 33.0 Å². The number of aryl methyl sites for hydroxylation is 1. The topological polar surface area (TPSA) is 43.4 Å². The summed E-state index contributed by atoms with van der Waals surface area (Å²) in [5.74, 6) is 0.669. The molecule has 0 unspecified atom stereocenters. The lowest BCUT2D eigenvalue weighted by Crippen LogP contribution is -2.36. The molecule has 1 saturated heterocycles. The summed E-state index contributed by atoms with van der Waals surface area (Å²) in [5.41, 5.74) is 0.912. The normalized spacial score (nSPS) is 18.3. The van der Waals surface area contributed by atoms with Gasteiger partial charge in [-0.15, -0.1) is 11.3 Å². The molecule has 1 fully saturated rings. The zero-order chi connectivity index (χ0) is 15.3. The van der Waals surface area contributed by atoms with Crippen LogP contribution in [0.1, 0.15) is 49.2 Å². The van der Waals surface area contributed by atoms with Gasteiger partial charge >= 0.3 is 0 Å². The molecule has 1 aromatic heterocycles. The molecule has 21 heavy (non-hydrogen) atoms. The standard InChI is InChI=1S/C16H28N2O2S/c1-5-20-16(6-8-19-9-7-16)15-18-13(4)14(21-15)11-17-10-12(2)3/h12,17H,5-11H2,1-4H3. The number of aromatic nitrogens is 1. The Kier molecular flexibility index (Phi) is 6.17. The third-order valence-corrected chi connectivity index (χ3v) is 5.18. The van der Waals surface area contributed by atoms with E-state index in [1.54, 1.807) is 11.3 Å². The van der Waals surface area contributed by atoms with Crippen molar-refractivity contribution in [3.8, 4) is 0 Å². The molecule has 2 rings (SSSR count). The first-order chi connectivity index (χ1) is 10.1. The Morgan fingerprint density at radius 1 is 1.38 bits per heavy atom. The molecular weight excluding hydrogens is 284 g/mol. The molecule has 120 valence electrons. The van der Waals surface area contributed by atoms with Gasteiger partial charge in [-0.05, 0) is 26.3 Å². The Balaban J connectivity index is 2.11. The van der Waals surface area contributed by atoms with Gasteiger partial charge in [0.15, 0.2) is 0 Å². The van der Waals surface area contributed by atoms with Crippen molar-refractivity contribution >= 4 is 11.3 Å². The van der Waals surface area contributed by atoms with E-state index < -0.39 is 0 Å². The maximum atomic E-state index is 6.12. The van der Waals surface area contributed by atoms with Crippen LogP contribution in [0, 0.1) is 12.8 Å². The molecule has 5 heteroatoms. The molecule has 0 atom stereocenters. The Bertz CT molecular complexity index is 434. The van der Waals surface area contributed by atoms with E-state index in [0.717, 1.165) is 56.5 Å². The third kappa shape index (κ3) is 4.25. The Morgan fingerprint density at radius 3 is 2.71 bits per heavy atom. The van der Waals surface area contributed by atoms with E-state index in [9.17, 15) is 0 Å². The van der Waals surface area contributed by atoms with Crippen LogP contribution in [0.5, 0.6) is 0 Å². The number of nitrogens with one attached hydrogen (secondary N) is 1. The number of hydrogen-bond donors (Lipinski definition) is 1. The molecule has 0 saturated carbocycles. The van der Waals surface area contributed by atoms with Crippen molar-refractivity contribution < 1.29 is 9.47 Å². The van der Waals surface area contributed by atoms with Crippen LogP contribution in [0.3, 0.4) is 0 Å². The van der Waals surface area contributed by atoms with Gasteiger partial charge < -0.3 is 14.8 Å². The lowest BCUT2D eigenvalue weighted by Gasteiger charge is -2.35. The molecule has 0 spiro atoms. The zero-order valence-electron chi connectivity index (χ0n) is 13.7. The van der Waals surface area contributed by atoms with Crippen LogP contribution in [0.4, 0.5) is 0 Å². The first-order valence-electron chi connectivity index (χ1n) is 7.96. The SMILES string of the molecule is CCOC1(c2nc(C)c(CNCC(C)C)s2)CCOCC1. The average Bonchev–Trinajstić information content (AvgIpc) is 2.82. The first-order valence-corrected chi connectivity index (χ1v) is 8.78. The second kappa shape index (κ2) is 7.68. The van der Waals surface area contributed by atoms with E-state index >= 15 is 0 Å². The van der Waals surface area contributed by atoms with Gasteiger partial charge in [0.1, 0.15) is 10.6 Å². The highest BCUT2D eigenvalue weighted by Crippen LogP contribution is 2.39. The van der Waals surface area contributed by atoms with Gasteiger partial charge in [0, 0.05) is 44.1 Å². The summed E-state index contributed by atoms with van der Waals surface area (Å²) >= 11 is 1.80. The summed E-state index contributed by atoms with van der Waals surface area (Å²) in [4.78, 5) is 6.15. The van der Waals surface area contributed by atoms with Crippen molar-refractivity contribution in [2.75, 3.05) is 26.4 Å². The van der Waals surface area contributed by atoms with E-state index in [-0.39, 0.29) is 5.60 Å². The maximum Gasteiger partial charge on any atom is 0.125 e. The van der Waals surface area contributed by atoms with Crippen LogP contribution >= 0.6 is 11.3 Å². The molecule has 1 aliphatic rings. The molecule has 0 aromatic carbocycles. The van der Waals surface area contributed by atoms with Gasteiger partial charge in [0.2, 0.25) is 0 Å². The van der Waals surface area contributed by atoms with Crippen LogP contribution in [0.2, 0.25) is 0 Å². The molecule has 4 nitrogen and oxygen atoms in total. The summed E-state index contributed by atoms with van der Waals surface area (Å²) in [6.07, 6.45) is 1.82. The minimum Gasteiger partial charge on any atom is -0.381 e. The minimum absolute atomic E-state index is 0.223. The Morgan fingerprint density at radius 2 is 2.10 bits per heavy atom. The van der Waals surface area contributed by atoms with Gasteiger partial charge in [-0.1, -0.05) is 13.8 Å². The highest BCUT2D eigenvalue weighted by Gasteiger charge is 2.38. The minimum atomic E-state index is -0.223. The lowest BCUT2D eigenvalue weighted by atomic mass is 9.95. The molecule has 0 radical (unpaired) electrons. The Hall–Kier alpha value is -0.490.